The van der Waals surface area contributed by atoms with Crippen LogP contribution in [0.5, 0.6) is 0 Å². The van der Waals surface area contributed by atoms with Gasteiger partial charge in [0.05, 0.1) is 23.3 Å². The monoisotopic (exact) mass is 346 g/mol. The maximum atomic E-state index is 11.6. The normalized spacial score (nSPS) is 10.2. The molecule has 0 saturated carbocycles. The lowest BCUT2D eigenvalue weighted by molar-refractivity contribution is -0.256. The molecule has 0 saturated heterocycles. The van der Waals surface area contributed by atoms with Crippen LogP contribution >= 0.6 is 0 Å². The van der Waals surface area contributed by atoms with Crippen LogP contribution in [-0.2, 0) is 0 Å². The summed E-state index contributed by atoms with van der Waals surface area (Å²) >= 11 is 0. The van der Waals surface area contributed by atoms with E-state index < -0.39 is 11.9 Å². The second-order valence-corrected chi connectivity index (χ2v) is 5.47. The summed E-state index contributed by atoms with van der Waals surface area (Å²) in [6.45, 7) is 0. The van der Waals surface area contributed by atoms with Crippen molar-refractivity contribution >= 4 is 34.7 Å². The molecule has 0 aliphatic rings. The van der Waals surface area contributed by atoms with E-state index in [1.54, 1.807) is 48.5 Å². The molecule has 0 unspecified atom stereocenters. The van der Waals surface area contributed by atoms with Crippen LogP contribution in [0, 0.1) is 0 Å². The number of nitrogens with one attached hydrogen (secondary N) is 2. The lowest BCUT2D eigenvalue weighted by Crippen LogP contribution is -2.27. The van der Waals surface area contributed by atoms with E-state index in [0.717, 1.165) is 0 Å². The molecule has 0 spiro atoms. The summed E-state index contributed by atoms with van der Waals surface area (Å²) in [5.41, 5.74) is 1.03. The first-order chi connectivity index (χ1) is 12.6. The van der Waals surface area contributed by atoms with Crippen molar-refractivity contribution in [2.75, 3.05) is 10.6 Å². The van der Waals surface area contributed by atoms with Crippen molar-refractivity contribution in [3.05, 3.63) is 83.9 Å². The van der Waals surface area contributed by atoms with E-state index in [4.69, 9.17) is 0 Å². The second kappa shape index (κ2) is 7.40. The summed E-state index contributed by atoms with van der Waals surface area (Å²) in [6.07, 6.45) is 0. The van der Waals surface area contributed by atoms with Crippen LogP contribution < -0.4 is 20.8 Å². The number of para-hydroxylation sites is 2. The molecule has 0 aromatic heterocycles. The van der Waals surface area contributed by atoms with E-state index >= 15 is 0 Å². The largest absolute Gasteiger partial charge is 0.545 e. The summed E-state index contributed by atoms with van der Waals surface area (Å²) in [7, 11) is 0. The zero-order chi connectivity index (χ0) is 18.5. The third-order valence-corrected chi connectivity index (χ3v) is 3.73. The highest BCUT2D eigenvalue weighted by Gasteiger charge is 2.16. The summed E-state index contributed by atoms with van der Waals surface area (Å²) in [5, 5.41) is 29.0. The number of carbonyl (C=O) groups excluding carboxylic acids is 2. The molecule has 0 amide bonds. The smallest absolute Gasteiger partial charge is 0.0737 e. The van der Waals surface area contributed by atoms with E-state index in [2.05, 4.69) is 10.6 Å². The van der Waals surface area contributed by atoms with Crippen LogP contribution in [0.4, 0.5) is 22.7 Å². The maximum absolute atomic E-state index is 11.6. The van der Waals surface area contributed by atoms with Gasteiger partial charge in [0.15, 0.2) is 0 Å². The van der Waals surface area contributed by atoms with Crippen molar-refractivity contribution in [1.82, 2.24) is 0 Å². The van der Waals surface area contributed by atoms with Crippen molar-refractivity contribution in [3.63, 3.8) is 0 Å². The van der Waals surface area contributed by atoms with Crippen LogP contribution in [-0.4, -0.2) is 11.9 Å². The van der Waals surface area contributed by atoms with Gasteiger partial charge in [0, 0.05) is 22.5 Å². The van der Waals surface area contributed by atoms with E-state index in [1.807, 2.05) is 12.1 Å². The summed E-state index contributed by atoms with van der Waals surface area (Å²) in [4.78, 5) is 23.1. The number of carboxylic acid groups (broad SMARTS) is 2. The van der Waals surface area contributed by atoms with Crippen molar-refractivity contribution in [3.8, 4) is 0 Å². The number of aromatic carboxylic acids is 2. The number of anilines is 4. The quantitative estimate of drug-likeness (QED) is 0.706. The fourth-order valence-corrected chi connectivity index (χ4v) is 2.53. The molecule has 3 rings (SSSR count). The molecule has 3 aromatic rings. The number of hydrogen-bond donors (Lipinski definition) is 2. The van der Waals surface area contributed by atoms with Gasteiger partial charge in [-0.1, -0.05) is 48.5 Å². The van der Waals surface area contributed by atoms with Crippen LogP contribution in [0.15, 0.2) is 72.8 Å². The Morgan fingerprint density at radius 2 is 0.923 bits per heavy atom. The summed E-state index contributed by atoms with van der Waals surface area (Å²) < 4.78 is 0. The van der Waals surface area contributed by atoms with Gasteiger partial charge in [-0.3, -0.25) is 0 Å². The highest BCUT2D eigenvalue weighted by Crippen LogP contribution is 2.35. The predicted molar refractivity (Wildman–Crippen MR) is 94.6 cm³/mol. The van der Waals surface area contributed by atoms with Gasteiger partial charge < -0.3 is 30.4 Å². The van der Waals surface area contributed by atoms with Gasteiger partial charge in [0.25, 0.3) is 0 Å². The van der Waals surface area contributed by atoms with Crippen LogP contribution in [0.1, 0.15) is 20.7 Å². The average molecular weight is 346 g/mol. The van der Waals surface area contributed by atoms with Gasteiger partial charge in [-0.2, -0.15) is 0 Å². The molecule has 0 heterocycles. The van der Waals surface area contributed by atoms with Crippen molar-refractivity contribution < 1.29 is 19.8 Å². The van der Waals surface area contributed by atoms with Gasteiger partial charge in [0.2, 0.25) is 0 Å². The fourth-order valence-electron chi connectivity index (χ4n) is 2.53. The topological polar surface area (TPSA) is 104 Å². The number of benzene rings is 3. The zero-order valence-electron chi connectivity index (χ0n) is 13.6. The van der Waals surface area contributed by atoms with E-state index in [0.29, 0.717) is 11.4 Å². The summed E-state index contributed by atoms with van der Waals surface area (Å²) in [5.74, 6) is -2.85. The first kappa shape index (κ1) is 17.0. The molecule has 3 aromatic carbocycles. The Morgan fingerprint density at radius 1 is 0.577 bits per heavy atom. The lowest BCUT2D eigenvalue weighted by atomic mass is 10.0. The molecule has 6 nitrogen and oxygen atoms in total. The Hall–Kier alpha value is -3.80. The van der Waals surface area contributed by atoms with Gasteiger partial charge in [-0.05, 0) is 24.3 Å². The minimum atomic E-state index is -1.43. The van der Waals surface area contributed by atoms with Gasteiger partial charge in [0.1, 0.15) is 0 Å². The molecule has 0 aliphatic carbocycles. The first-order valence-electron chi connectivity index (χ1n) is 7.80. The van der Waals surface area contributed by atoms with Crippen molar-refractivity contribution in [1.29, 1.82) is 0 Å². The standard InChI is InChI=1S/C20H16N2O4/c23-19(24)15-11-12-16(20(25)26)18(22-14-9-5-2-6-10-14)17(15)21-13-7-3-1-4-8-13/h1-12,21-22H,(H,23,24)(H,25,26)/p-2. The molecule has 26 heavy (non-hydrogen) atoms. The highest BCUT2D eigenvalue weighted by atomic mass is 16.4. The number of rotatable bonds is 6. The summed E-state index contributed by atoms with van der Waals surface area (Å²) in [6, 6.07) is 20.0. The fraction of sp³-hybridized carbons (Fsp3) is 0. The Balaban J connectivity index is 2.17. The Labute approximate surface area is 149 Å². The number of carbonyl (C=O) groups is 2. The lowest BCUT2D eigenvalue weighted by Gasteiger charge is -2.22. The third-order valence-electron chi connectivity index (χ3n) is 3.73. The third kappa shape index (κ3) is 3.64. The minimum Gasteiger partial charge on any atom is -0.545 e. The SMILES string of the molecule is O=C([O-])c1ccc(C(=O)[O-])c(Nc2ccccc2)c1Nc1ccccc1. The maximum Gasteiger partial charge on any atom is 0.0737 e. The van der Waals surface area contributed by atoms with Gasteiger partial charge in [-0.25, -0.2) is 0 Å². The predicted octanol–water partition coefficient (Wildman–Crippen LogP) is 1.90. The van der Waals surface area contributed by atoms with Gasteiger partial charge in [-0.15, -0.1) is 0 Å². The van der Waals surface area contributed by atoms with Crippen molar-refractivity contribution in [2.24, 2.45) is 0 Å². The number of carboxylic acids is 2. The van der Waals surface area contributed by atoms with Crippen molar-refractivity contribution in [2.45, 2.75) is 0 Å². The zero-order valence-corrected chi connectivity index (χ0v) is 13.6. The van der Waals surface area contributed by atoms with Crippen LogP contribution in [0.3, 0.4) is 0 Å². The minimum absolute atomic E-state index is 0.0850. The van der Waals surface area contributed by atoms with Crippen LogP contribution in [0.2, 0.25) is 0 Å². The Kier molecular flexibility index (Phi) is 4.85. The number of hydrogen-bond acceptors (Lipinski definition) is 6. The molecule has 0 atom stereocenters. The second-order valence-electron chi connectivity index (χ2n) is 5.47. The molecule has 2 N–H and O–H groups in total. The molecule has 0 radical (unpaired) electrons. The molecule has 0 bridgehead atoms. The van der Waals surface area contributed by atoms with E-state index in [9.17, 15) is 19.8 Å². The Bertz CT molecular complexity index is 862. The van der Waals surface area contributed by atoms with E-state index in [1.165, 1.54) is 12.1 Å². The molecule has 0 aliphatic heterocycles. The van der Waals surface area contributed by atoms with E-state index in [-0.39, 0.29) is 22.5 Å². The van der Waals surface area contributed by atoms with Gasteiger partial charge >= 0.3 is 0 Å². The average Bonchev–Trinajstić information content (AvgIpc) is 2.64. The van der Waals surface area contributed by atoms with Crippen LogP contribution in [0.25, 0.3) is 0 Å². The first-order valence-corrected chi connectivity index (χ1v) is 7.80. The molecule has 0 fully saturated rings. The Morgan fingerprint density at radius 3 is 1.23 bits per heavy atom. The highest BCUT2D eigenvalue weighted by molar-refractivity contribution is 6.05. The molecule has 6 heteroatoms. The molecular formula is C20H14N2O4-2. The molecule has 130 valence electrons. The molecular weight excluding hydrogens is 332 g/mol.